The van der Waals surface area contributed by atoms with Gasteiger partial charge in [-0.05, 0) is 82.5 Å². The Balaban J connectivity index is 1.86. The highest BCUT2D eigenvalue weighted by Gasteiger charge is 2.35. The zero-order valence-corrected chi connectivity index (χ0v) is 30.4. The molecular weight excluding hydrogens is 660 g/mol. The van der Waals surface area contributed by atoms with Gasteiger partial charge in [0.2, 0.25) is 47.3 Å². The molecule has 0 saturated heterocycles. The molecule has 16 nitrogen and oxygen atoms in total. The Morgan fingerprint density at radius 2 is 1.04 bits per heavy atom. The summed E-state index contributed by atoms with van der Waals surface area (Å²) in [6.45, 7) is 3.02. The number of primary amides is 2. The SMILES string of the molecule is CC(=O)NCCCC[C@H](NC(C)=O)C(=O)NCCC(=O)N(CC(=O)NCCCCC(C(N)=O)C1CC1)CC(=O)NCCCCC(C(N)=O)C1CC1. The highest BCUT2D eigenvalue weighted by molar-refractivity contribution is 5.90. The van der Waals surface area contributed by atoms with Crippen LogP contribution in [0.15, 0.2) is 0 Å². The van der Waals surface area contributed by atoms with Gasteiger partial charge >= 0.3 is 0 Å². The van der Waals surface area contributed by atoms with Gasteiger partial charge in [-0.25, -0.2) is 0 Å². The molecule has 0 radical (unpaired) electrons. The van der Waals surface area contributed by atoms with Gasteiger partial charge in [0.25, 0.3) is 0 Å². The second-order valence-corrected chi connectivity index (χ2v) is 13.9. The lowest BCUT2D eigenvalue weighted by molar-refractivity contribution is -0.139. The van der Waals surface area contributed by atoms with Gasteiger partial charge in [0.05, 0.1) is 0 Å². The van der Waals surface area contributed by atoms with Crippen molar-refractivity contribution in [3.8, 4) is 0 Å². The second-order valence-electron chi connectivity index (χ2n) is 13.9. The number of nitrogens with two attached hydrogens (primary N) is 2. The van der Waals surface area contributed by atoms with Crippen molar-refractivity contribution < 1.29 is 38.4 Å². The smallest absolute Gasteiger partial charge is 0.242 e. The summed E-state index contributed by atoms with van der Waals surface area (Å²) in [7, 11) is 0. The van der Waals surface area contributed by atoms with Crippen LogP contribution >= 0.6 is 0 Å². The molecule has 2 saturated carbocycles. The number of rotatable bonds is 28. The topological polar surface area (TPSA) is 252 Å². The fraction of sp³-hybridized carbons (Fsp3) is 0.771. The van der Waals surface area contributed by atoms with E-state index in [4.69, 9.17) is 11.5 Å². The number of carbonyl (C=O) groups is 8. The number of nitrogens with one attached hydrogen (secondary N) is 5. The minimum absolute atomic E-state index is 0.0799. The Labute approximate surface area is 301 Å². The minimum Gasteiger partial charge on any atom is -0.369 e. The summed E-state index contributed by atoms with van der Waals surface area (Å²) in [6, 6.07) is -0.826. The molecule has 0 aromatic heterocycles. The van der Waals surface area contributed by atoms with Gasteiger partial charge in [-0.15, -0.1) is 0 Å². The number of hydrogen-bond acceptors (Lipinski definition) is 8. The fourth-order valence-corrected chi connectivity index (χ4v) is 6.17. The Bertz CT molecular complexity index is 1150. The van der Waals surface area contributed by atoms with Crippen molar-refractivity contribution in [1.29, 1.82) is 0 Å². The summed E-state index contributed by atoms with van der Waals surface area (Å²) < 4.78 is 0. The summed E-state index contributed by atoms with van der Waals surface area (Å²) in [5.41, 5.74) is 11.0. The Morgan fingerprint density at radius 3 is 1.45 bits per heavy atom. The van der Waals surface area contributed by atoms with E-state index in [0.29, 0.717) is 89.3 Å². The number of unbranched alkanes of at least 4 members (excludes halogenated alkanes) is 3. The van der Waals surface area contributed by atoms with Crippen LogP contribution in [0.25, 0.3) is 0 Å². The lowest BCUT2D eigenvalue weighted by Crippen LogP contribution is -2.48. The monoisotopic (exact) mass is 720 g/mol. The van der Waals surface area contributed by atoms with Gasteiger partial charge < -0.3 is 43.0 Å². The molecule has 0 aromatic carbocycles. The molecule has 0 aliphatic heterocycles. The van der Waals surface area contributed by atoms with Gasteiger partial charge in [0.1, 0.15) is 19.1 Å². The largest absolute Gasteiger partial charge is 0.369 e. The number of nitrogens with zero attached hydrogens (tertiary/aromatic N) is 1. The second kappa shape index (κ2) is 23.3. The lowest BCUT2D eigenvalue weighted by Gasteiger charge is -2.23. The van der Waals surface area contributed by atoms with Crippen LogP contribution in [0.1, 0.15) is 104 Å². The quantitative estimate of drug-likeness (QED) is 0.0529. The van der Waals surface area contributed by atoms with E-state index >= 15 is 0 Å². The highest BCUT2D eigenvalue weighted by atomic mass is 16.2. The van der Waals surface area contributed by atoms with E-state index in [2.05, 4.69) is 26.6 Å². The standard InChI is InChI=1S/C35H60N8O8/c1-23(44)38-17-8-5-11-29(42-24(2)45)35(51)41-20-16-32(48)43(21-30(46)39-18-6-3-9-27(33(36)49)25-12-13-25)22-31(47)40-19-7-4-10-28(34(37)50)26-14-15-26/h25-29H,3-22H2,1-2H3,(H2,36,49)(H2,37,50)(H,38,44)(H,39,46)(H,40,47)(H,41,51)(H,42,45)/t27?,28?,29-/m0/s1. The molecule has 0 aromatic rings. The normalized spacial score (nSPS) is 15.4. The fourth-order valence-electron chi connectivity index (χ4n) is 6.17. The first kappa shape index (κ1) is 42.9. The van der Waals surface area contributed by atoms with Gasteiger partial charge in [-0.2, -0.15) is 0 Å². The number of carbonyl (C=O) groups excluding carboxylic acids is 8. The molecule has 2 fully saturated rings. The molecule has 9 N–H and O–H groups in total. The first-order valence-electron chi connectivity index (χ1n) is 18.5. The van der Waals surface area contributed by atoms with E-state index in [9.17, 15) is 38.4 Å². The molecule has 288 valence electrons. The van der Waals surface area contributed by atoms with Crippen LogP contribution in [-0.2, 0) is 38.4 Å². The molecule has 2 aliphatic rings. The summed E-state index contributed by atoms with van der Waals surface area (Å²) in [5.74, 6) is -2.56. The van der Waals surface area contributed by atoms with E-state index in [1.54, 1.807) is 0 Å². The molecule has 2 rings (SSSR count). The highest BCUT2D eigenvalue weighted by Crippen LogP contribution is 2.39. The molecule has 2 unspecified atom stereocenters. The molecule has 0 heterocycles. The summed E-state index contributed by atoms with van der Waals surface area (Å²) in [4.78, 5) is 99.0. The van der Waals surface area contributed by atoms with Gasteiger partial charge in [0, 0.05) is 58.3 Å². The van der Waals surface area contributed by atoms with Crippen molar-refractivity contribution in [2.45, 2.75) is 110 Å². The summed E-state index contributed by atoms with van der Waals surface area (Å²) in [5, 5.41) is 13.5. The predicted octanol–water partition coefficient (Wildman–Crippen LogP) is -0.272. The van der Waals surface area contributed by atoms with Crippen LogP contribution in [0.4, 0.5) is 0 Å². The Morgan fingerprint density at radius 1 is 0.588 bits per heavy atom. The summed E-state index contributed by atoms with van der Waals surface area (Å²) >= 11 is 0. The van der Waals surface area contributed by atoms with Crippen molar-refractivity contribution in [3.05, 3.63) is 0 Å². The third-order valence-electron chi connectivity index (χ3n) is 9.29. The van der Waals surface area contributed by atoms with Crippen molar-refractivity contribution in [1.82, 2.24) is 31.5 Å². The molecule has 0 bridgehead atoms. The summed E-state index contributed by atoms with van der Waals surface area (Å²) in [6.07, 6.45) is 9.38. The van der Waals surface area contributed by atoms with Crippen LogP contribution in [0.2, 0.25) is 0 Å². The number of hydrogen-bond donors (Lipinski definition) is 7. The first-order valence-corrected chi connectivity index (χ1v) is 18.5. The molecule has 0 spiro atoms. The lowest BCUT2D eigenvalue weighted by atomic mass is 9.96. The third kappa shape index (κ3) is 19.1. The molecule has 51 heavy (non-hydrogen) atoms. The maximum Gasteiger partial charge on any atom is 0.242 e. The van der Waals surface area contributed by atoms with Crippen molar-refractivity contribution in [2.24, 2.45) is 35.1 Å². The van der Waals surface area contributed by atoms with E-state index in [1.165, 1.54) is 13.8 Å². The van der Waals surface area contributed by atoms with Crippen molar-refractivity contribution in [2.75, 3.05) is 39.3 Å². The third-order valence-corrected chi connectivity index (χ3v) is 9.29. The average Bonchev–Trinajstić information content (AvgIpc) is 3.98. The van der Waals surface area contributed by atoms with Crippen LogP contribution in [0, 0.1) is 23.7 Å². The zero-order chi connectivity index (χ0) is 37.8. The maximum atomic E-state index is 13.2. The Hall–Kier alpha value is -4.24. The van der Waals surface area contributed by atoms with E-state index < -0.39 is 29.7 Å². The minimum atomic E-state index is -0.826. The van der Waals surface area contributed by atoms with E-state index in [-0.39, 0.29) is 61.5 Å². The Kier molecular flexibility index (Phi) is 19.6. The molecule has 2 aliphatic carbocycles. The van der Waals surface area contributed by atoms with Crippen LogP contribution in [0.3, 0.4) is 0 Å². The van der Waals surface area contributed by atoms with E-state index in [1.807, 2.05) is 0 Å². The average molecular weight is 721 g/mol. The van der Waals surface area contributed by atoms with Crippen LogP contribution in [-0.4, -0.2) is 97.5 Å². The molecule has 16 heteroatoms. The maximum absolute atomic E-state index is 13.2. The molecule has 8 amide bonds. The van der Waals surface area contributed by atoms with Crippen LogP contribution in [0.5, 0.6) is 0 Å². The zero-order valence-electron chi connectivity index (χ0n) is 30.4. The van der Waals surface area contributed by atoms with Gasteiger partial charge in [-0.1, -0.05) is 12.8 Å². The number of amides is 8. The van der Waals surface area contributed by atoms with Crippen molar-refractivity contribution >= 4 is 47.3 Å². The molecular formula is C35H60N8O8. The first-order chi connectivity index (χ1) is 24.3. The van der Waals surface area contributed by atoms with Crippen molar-refractivity contribution in [3.63, 3.8) is 0 Å². The molecule has 3 atom stereocenters. The predicted molar refractivity (Wildman–Crippen MR) is 189 cm³/mol. The van der Waals surface area contributed by atoms with Gasteiger partial charge in [-0.3, -0.25) is 38.4 Å². The van der Waals surface area contributed by atoms with Gasteiger partial charge in [0.15, 0.2) is 0 Å². The van der Waals surface area contributed by atoms with Crippen LogP contribution < -0.4 is 38.1 Å². The van der Waals surface area contributed by atoms with E-state index in [0.717, 1.165) is 30.6 Å².